The van der Waals surface area contributed by atoms with E-state index in [4.69, 9.17) is 0 Å². The van der Waals surface area contributed by atoms with Crippen LogP contribution in [0.3, 0.4) is 0 Å². The maximum atomic E-state index is 13.2. The van der Waals surface area contributed by atoms with Crippen molar-refractivity contribution in [2.75, 3.05) is 5.32 Å². The highest BCUT2D eigenvalue weighted by molar-refractivity contribution is 6.01. The number of para-hydroxylation sites is 1. The Hall–Kier alpha value is -2.24. The zero-order valence-electron chi connectivity index (χ0n) is 8.49. The summed E-state index contributed by atoms with van der Waals surface area (Å²) in [5.41, 5.74) is 0.106. The van der Waals surface area contributed by atoms with Gasteiger partial charge in [0.1, 0.15) is 11.6 Å². The average molecular weight is 220 g/mol. The highest BCUT2D eigenvalue weighted by atomic mass is 19.1. The molecule has 5 nitrogen and oxygen atoms in total. The van der Waals surface area contributed by atoms with E-state index in [2.05, 4.69) is 20.5 Å². The second kappa shape index (κ2) is 4.09. The number of benzene rings is 1. The van der Waals surface area contributed by atoms with Gasteiger partial charge in [0, 0.05) is 0 Å². The van der Waals surface area contributed by atoms with Crippen molar-refractivity contribution in [3.63, 3.8) is 0 Å². The highest BCUT2D eigenvalue weighted by Crippen LogP contribution is 2.12. The zero-order chi connectivity index (χ0) is 11.5. The van der Waals surface area contributed by atoms with Crippen molar-refractivity contribution in [1.29, 1.82) is 0 Å². The largest absolute Gasteiger partial charge is 0.317 e. The number of hydrogen-bond acceptors (Lipinski definition) is 3. The normalized spacial score (nSPS) is 10.1. The first-order valence-electron chi connectivity index (χ1n) is 4.61. The van der Waals surface area contributed by atoms with Crippen LogP contribution in [0.25, 0.3) is 0 Å². The van der Waals surface area contributed by atoms with Gasteiger partial charge < -0.3 is 5.32 Å². The molecule has 0 saturated carbocycles. The van der Waals surface area contributed by atoms with Crippen LogP contribution in [0, 0.1) is 12.7 Å². The number of carbonyl (C=O) groups is 1. The maximum absolute atomic E-state index is 13.2. The predicted octanol–water partition coefficient (Wildman–Crippen LogP) is 1.50. The van der Waals surface area contributed by atoms with Crippen molar-refractivity contribution in [3.8, 4) is 0 Å². The van der Waals surface area contributed by atoms with Gasteiger partial charge in [-0.2, -0.15) is 0 Å². The molecule has 1 aromatic carbocycles. The van der Waals surface area contributed by atoms with E-state index in [9.17, 15) is 9.18 Å². The summed E-state index contributed by atoms with van der Waals surface area (Å²) in [6, 6.07) is 5.90. The van der Waals surface area contributed by atoms with Crippen LogP contribution in [0.5, 0.6) is 0 Å². The lowest BCUT2D eigenvalue weighted by atomic mass is 10.3. The van der Waals surface area contributed by atoms with Gasteiger partial charge in [0.2, 0.25) is 5.82 Å². The van der Waals surface area contributed by atoms with Gasteiger partial charge in [-0.25, -0.2) is 9.37 Å². The zero-order valence-corrected chi connectivity index (χ0v) is 8.49. The Balaban J connectivity index is 2.17. The number of aryl methyl sites for hydroxylation is 1. The summed E-state index contributed by atoms with van der Waals surface area (Å²) in [4.78, 5) is 15.4. The van der Waals surface area contributed by atoms with Gasteiger partial charge in [-0.1, -0.05) is 12.1 Å². The molecule has 2 aromatic rings. The van der Waals surface area contributed by atoms with Gasteiger partial charge in [0.05, 0.1) is 5.69 Å². The van der Waals surface area contributed by atoms with Crippen molar-refractivity contribution in [2.24, 2.45) is 0 Å². The average Bonchev–Trinajstić information content (AvgIpc) is 2.68. The molecular weight excluding hydrogens is 211 g/mol. The topological polar surface area (TPSA) is 70.7 Å². The van der Waals surface area contributed by atoms with Crippen molar-refractivity contribution < 1.29 is 9.18 Å². The standard InChI is InChI=1S/C10H9FN4O/c1-6-12-9(15-14-6)10(16)13-8-5-3-2-4-7(8)11/h2-5H,1H3,(H,13,16)(H,12,14,15). The second-order valence-corrected chi connectivity index (χ2v) is 3.18. The minimum absolute atomic E-state index is 0.0132. The van der Waals surface area contributed by atoms with Gasteiger partial charge in [0.25, 0.3) is 5.91 Å². The molecule has 1 amide bonds. The fourth-order valence-corrected chi connectivity index (χ4v) is 1.19. The lowest BCUT2D eigenvalue weighted by Crippen LogP contribution is -2.14. The number of nitrogens with one attached hydrogen (secondary N) is 2. The second-order valence-electron chi connectivity index (χ2n) is 3.18. The minimum atomic E-state index is -0.547. The van der Waals surface area contributed by atoms with Crippen LogP contribution < -0.4 is 5.32 Å². The molecule has 0 saturated heterocycles. The van der Waals surface area contributed by atoms with E-state index in [0.29, 0.717) is 5.82 Å². The van der Waals surface area contributed by atoms with Crippen LogP contribution in [-0.4, -0.2) is 21.1 Å². The predicted molar refractivity (Wildman–Crippen MR) is 55.5 cm³/mol. The van der Waals surface area contributed by atoms with Crippen LogP contribution >= 0.6 is 0 Å². The first-order chi connectivity index (χ1) is 7.66. The van der Waals surface area contributed by atoms with Crippen molar-refractivity contribution in [1.82, 2.24) is 15.2 Å². The van der Waals surface area contributed by atoms with Crippen LogP contribution in [0.1, 0.15) is 16.4 Å². The van der Waals surface area contributed by atoms with E-state index in [1.54, 1.807) is 19.1 Å². The number of nitrogens with zero attached hydrogens (tertiary/aromatic N) is 2. The van der Waals surface area contributed by atoms with Crippen molar-refractivity contribution >= 4 is 11.6 Å². The number of hydrogen-bond donors (Lipinski definition) is 2. The molecule has 0 aliphatic carbocycles. The molecule has 82 valence electrons. The van der Waals surface area contributed by atoms with E-state index in [-0.39, 0.29) is 11.5 Å². The molecule has 0 bridgehead atoms. The summed E-state index contributed by atoms with van der Waals surface area (Å²) in [6.45, 7) is 1.67. The number of H-pyrrole nitrogens is 1. The van der Waals surface area contributed by atoms with Crippen LogP contribution in [0.2, 0.25) is 0 Å². The van der Waals surface area contributed by atoms with Gasteiger partial charge in [-0.15, -0.1) is 5.10 Å². The quantitative estimate of drug-likeness (QED) is 0.805. The summed E-state index contributed by atoms with van der Waals surface area (Å²) in [6.07, 6.45) is 0. The molecule has 0 unspecified atom stereocenters. The molecule has 0 aliphatic heterocycles. The van der Waals surface area contributed by atoms with E-state index in [1.807, 2.05) is 0 Å². The van der Waals surface area contributed by atoms with E-state index < -0.39 is 11.7 Å². The van der Waals surface area contributed by atoms with Gasteiger partial charge in [-0.05, 0) is 19.1 Å². The van der Waals surface area contributed by atoms with Crippen LogP contribution in [0.15, 0.2) is 24.3 Å². The van der Waals surface area contributed by atoms with E-state index in [1.165, 1.54) is 12.1 Å². The summed E-state index contributed by atoms with van der Waals surface area (Å²) < 4.78 is 13.2. The summed E-state index contributed by atoms with van der Waals surface area (Å²) in [5.74, 6) is -0.531. The SMILES string of the molecule is Cc1nc(C(=O)Nc2ccccc2F)n[nH]1. The number of anilines is 1. The third kappa shape index (κ3) is 2.05. The molecular formula is C10H9FN4O. The Labute approximate surface area is 90.7 Å². The highest BCUT2D eigenvalue weighted by Gasteiger charge is 2.12. The Morgan fingerprint density at radius 3 is 2.81 bits per heavy atom. The lowest BCUT2D eigenvalue weighted by molar-refractivity contribution is 0.101. The molecule has 0 atom stereocenters. The third-order valence-corrected chi connectivity index (χ3v) is 1.92. The number of halogens is 1. The molecule has 1 aromatic heterocycles. The Morgan fingerprint density at radius 1 is 1.44 bits per heavy atom. The minimum Gasteiger partial charge on any atom is -0.317 e. The number of aromatic amines is 1. The van der Waals surface area contributed by atoms with E-state index >= 15 is 0 Å². The molecule has 0 radical (unpaired) electrons. The fourth-order valence-electron chi connectivity index (χ4n) is 1.19. The molecule has 2 N–H and O–H groups in total. The van der Waals surface area contributed by atoms with Crippen LogP contribution in [-0.2, 0) is 0 Å². The molecule has 1 heterocycles. The first-order valence-corrected chi connectivity index (χ1v) is 4.61. The Bertz CT molecular complexity index is 523. The third-order valence-electron chi connectivity index (χ3n) is 1.92. The first kappa shape index (κ1) is 10.3. The number of rotatable bonds is 2. The van der Waals surface area contributed by atoms with Gasteiger partial charge in [0.15, 0.2) is 0 Å². The van der Waals surface area contributed by atoms with Crippen LogP contribution in [0.4, 0.5) is 10.1 Å². The van der Waals surface area contributed by atoms with E-state index in [0.717, 1.165) is 0 Å². The lowest BCUT2D eigenvalue weighted by Gasteiger charge is -2.02. The number of aromatic nitrogens is 3. The Kier molecular flexibility index (Phi) is 2.63. The molecule has 0 spiro atoms. The molecule has 0 aliphatic rings. The molecule has 16 heavy (non-hydrogen) atoms. The maximum Gasteiger partial charge on any atom is 0.295 e. The van der Waals surface area contributed by atoms with Crippen molar-refractivity contribution in [2.45, 2.75) is 6.92 Å². The molecule has 0 fully saturated rings. The smallest absolute Gasteiger partial charge is 0.295 e. The monoisotopic (exact) mass is 220 g/mol. The number of carbonyl (C=O) groups excluding carboxylic acids is 1. The summed E-state index contributed by atoms with van der Waals surface area (Å²) in [7, 11) is 0. The summed E-state index contributed by atoms with van der Waals surface area (Å²) >= 11 is 0. The number of amides is 1. The summed E-state index contributed by atoms with van der Waals surface area (Å²) in [5, 5.41) is 8.59. The molecule has 2 rings (SSSR count). The van der Waals surface area contributed by atoms with Crippen molar-refractivity contribution in [3.05, 3.63) is 41.7 Å². The molecule has 6 heteroatoms. The van der Waals surface area contributed by atoms with Gasteiger partial charge in [-0.3, -0.25) is 9.89 Å². The van der Waals surface area contributed by atoms with Gasteiger partial charge >= 0.3 is 0 Å². The fraction of sp³-hybridized carbons (Fsp3) is 0.100. The Morgan fingerprint density at radius 2 is 2.19 bits per heavy atom.